The van der Waals surface area contributed by atoms with Gasteiger partial charge in [0.15, 0.2) is 5.96 Å². The molecule has 1 aromatic heterocycles. The normalized spacial score (nSPS) is 11.3. The number of hydrogen-bond donors (Lipinski definition) is 2. The van der Waals surface area contributed by atoms with Gasteiger partial charge in [-0.3, -0.25) is 4.68 Å². The van der Waals surface area contributed by atoms with E-state index in [0.29, 0.717) is 6.54 Å². The summed E-state index contributed by atoms with van der Waals surface area (Å²) in [7, 11) is 1.97. The lowest BCUT2D eigenvalue weighted by Crippen LogP contribution is -2.38. The third-order valence-electron chi connectivity index (χ3n) is 4.55. The van der Waals surface area contributed by atoms with Crippen LogP contribution in [0, 0.1) is 19.7 Å². The molecule has 2 N–H and O–H groups in total. The Hall–Kier alpha value is -1.29. The van der Waals surface area contributed by atoms with Crippen molar-refractivity contribution >= 4 is 41.7 Å². The molecule has 0 aliphatic carbocycles. The van der Waals surface area contributed by atoms with Gasteiger partial charge in [-0.15, -0.1) is 24.0 Å². The van der Waals surface area contributed by atoms with E-state index in [9.17, 15) is 4.39 Å². The van der Waals surface area contributed by atoms with Crippen molar-refractivity contribution < 1.29 is 4.39 Å². The molecule has 2 rings (SSSR count). The highest BCUT2D eigenvalue weighted by atomic mass is 127. The molecule has 0 spiro atoms. The Kier molecular flexibility index (Phi) is 10.9. The fourth-order valence-corrected chi connectivity index (χ4v) is 3.61. The number of halogens is 2. The van der Waals surface area contributed by atoms with Gasteiger partial charge in [0, 0.05) is 31.6 Å². The summed E-state index contributed by atoms with van der Waals surface area (Å²) in [5.74, 6) is 1.36. The molecule has 0 amide bonds. The van der Waals surface area contributed by atoms with Crippen molar-refractivity contribution in [2.75, 3.05) is 19.3 Å². The third-order valence-corrected chi connectivity index (χ3v) is 5.15. The number of nitrogens with one attached hydrogen (secondary N) is 2. The summed E-state index contributed by atoms with van der Waals surface area (Å²) in [6, 6.07) is 4.94. The number of benzene rings is 1. The van der Waals surface area contributed by atoms with Crippen LogP contribution in [0.5, 0.6) is 0 Å². The van der Waals surface area contributed by atoms with Gasteiger partial charge in [-0.2, -0.15) is 16.9 Å². The molecule has 0 fully saturated rings. The van der Waals surface area contributed by atoms with Gasteiger partial charge < -0.3 is 10.6 Å². The molecule has 156 valence electrons. The molecule has 8 heteroatoms. The average molecular weight is 519 g/mol. The van der Waals surface area contributed by atoms with E-state index >= 15 is 0 Å². The maximum Gasteiger partial charge on any atom is 0.191 e. The Morgan fingerprint density at radius 3 is 2.61 bits per heavy atom. The SMILES string of the molecule is CCNC(=NCc1ccc(F)cc1CSC)NCCc1c(C)nn(C)c1C.I. The minimum absolute atomic E-state index is 0. The highest BCUT2D eigenvalue weighted by Gasteiger charge is 2.09. The van der Waals surface area contributed by atoms with Crippen molar-refractivity contribution in [1.82, 2.24) is 20.4 Å². The highest BCUT2D eigenvalue weighted by Crippen LogP contribution is 2.17. The number of aromatic nitrogens is 2. The first-order valence-electron chi connectivity index (χ1n) is 9.23. The summed E-state index contributed by atoms with van der Waals surface area (Å²) in [5.41, 5.74) is 5.61. The van der Waals surface area contributed by atoms with Gasteiger partial charge in [0.2, 0.25) is 0 Å². The van der Waals surface area contributed by atoms with E-state index in [2.05, 4.69) is 27.6 Å². The largest absolute Gasteiger partial charge is 0.357 e. The lowest BCUT2D eigenvalue weighted by atomic mass is 10.1. The molecule has 2 aromatic rings. The zero-order valence-electron chi connectivity index (χ0n) is 17.3. The number of aliphatic imine (C=N–C) groups is 1. The molecule has 0 saturated heterocycles. The maximum absolute atomic E-state index is 13.5. The zero-order chi connectivity index (χ0) is 19.8. The van der Waals surface area contributed by atoms with Gasteiger partial charge >= 0.3 is 0 Å². The van der Waals surface area contributed by atoms with Gasteiger partial charge in [-0.1, -0.05) is 6.07 Å². The number of hydrogen-bond acceptors (Lipinski definition) is 3. The summed E-state index contributed by atoms with van der Waals surface area (Å²) in [6.07, 6.45) is 2.91. The van der Waals surface area contributed by atoms with Crippen molar-refractivity contribution in [2.24, 2.45) is 12.0 Å². The second-order valence-electron chi connectivity index (χ2n) is 6.49. The van der Waals surface area contributed by atoms with E-state index in [1.807, 2.05) is 37.9 Å². The third kappa shape index (κ3) is 6.95. The molecule has 0 aliphatic heterocycles. The first-order valence-corrected chi connectivity index (χ1v) is 10.6. The van der Waals surface area contributed by atoms with E-state index in [4.69, 9.17) is 0 Å². The maximum atomic E-state index is 13.5. The van der Waals surface area contributed by atoms with Crippen molar-refractivity contribution in [2.45, 2.75) is 39.5 Å². The summed E-state index contributed by atoms with van der Waals surface area (Å²) in [5, 5.41) is 11.1. The second-order valence-corrected chi connectivity index (χ2v) is 7.36. The minimum atomic E-state index is -0.195. The predicted molar refractivity (Wildman–Crippen MR) is 128 cm³/mol. The summed E-state index contributed by atoms with van der Waals surface area (Å²) >= 11 is 1.68. The van der Waals surface area contributed by atoms with Crippen LogP contribution in [0.2, 0.25) is 0 Å². The Balaban J connectivity index is 0.00000392. The minimum Gasteiger partial charge on any atom is -0.357 e. The fourth-order valence-electron chi connectivity index (χ4n) is 3.03. The lowest BCUT2D eigenvalue weighted by molar-refractivity contribution is 0.625. The molecule has 1 aromatic carbocycles. The van der Waals surface area contributed by atoms with Gasteiger partial charge in [0.1, 0.15) is 5.82 Å². The molecule has 0 radical (unpaired) electrons. The topological polar surface area (TPSA) is 54.2 Å². The Bertz CT molecular complexity index is 791. The van der Waals surface area contributed by atoms with Gasteiger partial charge in [-0.25, -0.2) is 9.38 Å². The summed E-state index contributed by atoms with van der Waals surface area (Å²) in [4.78, 5) is 4.68. The molecule has 0 bridgehead atoms. The Morgan fingerprint density at radius 1 is 1.25 bits per heavy atom. The number of nitrogens with zero attached hydrogens (tertiary/aromatic N) is 3. The second kappa shape index (κ2) is 12.3. The first-order chi connectivity index (χ1) is 13.0. The van der Waals surface area contributed by atoms with Crippen LogP contribution in [0.25, 0.3) is 0 Å². The monoisotopic (exact) mass is 519 g/mol. The fraction of sp³-hybridized carbons (Fsp3) is 0.500. The van der Waals surface area contributed by atoms with Gasteiger partial charge in [0.05, 0.1) is 12.2 Å². The molecule has 0 unspecified atom stereocenters. The first kappa shape index (κ1) is 24.7. The smallest absolute Gasteiger partial charge is 0.191 e. The average Bonchev–Trinajstić information content (AvgIpc) is 2.87. The number of rotatable bonds is 8. The van der Waals surface area contributed by atoms with Crippen LogP contribution in [-0.2, 0) is 25.8 Å². The van der Waals surface area contributed by atoms with Crippen molar-refractivity contribution in [3.8, 4) is 0 Å². The van der Waals surface area contributed by atoms with E-state index in [0.717, 1.165) is 48.0 Å². The van der Waals surface area contributed by atoms with Gasteiger partial charge in [-0.05, 0) is 62.3 Å². The summed E-state index contributed by atoms with van der Waals surface area (Å²) in [6.45, 7) is 8.28. The van der Waals surface area contributed by atoms with E-state index < -0.39 is 0 Å². The van der Waals surface area contributed by atoms with Crippen molar-refractivity contribution in [1.29, 1.82) is 0 Å². The van der Waals surface area contributed by atoms with E-state index in [-0.39, 0.29) is 29.8 Å². The van der Waals surface area contributed by atoms with Gasteiger partial charge in [0.25, 0.3) is 0 Å². The van der Waals surface area contributed by atoms with Crippen LogP contribution < -0.4 is 10.6 Å². The van der Waals surface area contributed by atoms with Crippen molar-refractivity contribution in [3.05, 3.63) is 52.1 Å². The molecule has 1 heterocycles. The standard InChI is InChI=1S/C20H30FN5S.HI/c1-6-22-20(23-10-9-19-14(2)25-26(4)15(19)3)24-12-16-7-8-18(21)11-17(16)13-27-5;/h7-8,11H,6,9-10,12-13H2,1-5H3,(H2,22,23,24);1H. The van der Waals surface area contributed by atoms with Crippen LogP contribution >= 0.6 is 35.7 Å². The molecule has 0 atom stereocenters. The lowest BCUT2D eigenvalue weighted by Gasteiger charge is -2.12. The Morgan fingerprint density at radius 2 is 2.00 bits per heavy atom. The quantitative estimate of drug-likeness (QED) is 0.315. The highest BCUT2D eigenvalue weighted by molar-refractivity contribution is 14.0. The molecule has 0 aliphatic rings. The summed E-state index contributed by atoms with van der Waals surface area (Å²) < 4.78 is 15.4. The number of aryl methyl sites for hydroxylation is 2. The number of thioether (sulfide) groups is 1. The van der Waals surface area contributed by atoms with E-state index in [1.54, 1.807) is 17.8 Å². The van der Waals surface area contributed by atoms with Crippen LogP contribution in [0.4, 0.5) is 4.39 Å². The Labute approximate surface area is 189 Å². The molecular weight excluding hydrogens is 488 g/mol. The number of guanidine groups is 1. The predicted octanol–water partition coefficient (Wildman–Crippen LogP) is 3.95. The molecular formula is C20H31FIN5S. The van der Waals surface area contributed by atoms with Crippen LogP contribution in [-0.4, -0.2) is 35.1 Å². The molecule has 5 nitrogen and oxygen atoms in total. The molecule has 0 saturated carbocycles. The van der Waals surface area contributed by atoms with Crippen molar-refractivity contribution in [3.63, 3.8) is 0 Å². The zero-order valence-corrected chi connectivity index (χ0v) is 20.5. The van der Waals surface area contributed by atoms with Crippen LogP contribution in [0.15, 0.2) is 23.2 Å². The van der Waals surface area contributed by atoms with Crippen LogP contribution in [0.3, 0.4) is 0 Å². The van der Waals surface area contributed by atoms with E-state index in [1.165, 1.54) is 17.3 Å². The van der Waals surface area contributed by atoms with Crippen LogP contribution in [0.1, 0.15) is 35.0 Å². The molecule has 28 heavy (non-hydrogen) atoms.